The molecule has 1 saturated heterocycles. The highest BCUT2D eigenvalue weighted by Crippen LogP contribution is 2.21. The Kier molecular flexibility index (Phi) is 3.02. The first-order chi connectivity index (χ1) is 8.83. The van der Waals surface area contributed by atoms with Crippen molar-refractivity contribution in [3.8, 4) is 11.4 Å². The fourth-order valence-electron chi connectivity index (χ4n) is 2.31. The van der Waals surface area contributed by atoms with Gasteiger partial charge in [0.1, 0.15) is 5.82 Å². The SMILES string of the molecule is Cc1cnc(-c2ccc(N3CCNCC3)cc2)[nH]1. The molecule has 94 valence electrons. The lowest BCUT2D eigenvalue weighted by molar-refractivity contribution is 0.589. The molecule has 0 aliphatic carbocycles. The molecule has 3 rings (SSSR count). The molecule has 2 N–H and O–H groups in total. The summed E-state index contributed by atoms with van der Waals surface area (Å²) in [5, 5.41) is 3.37. The second-order valence-electron chi connectivity index (χ2n) is 4.70. The minimum Gasteiger partial charge on any atom is -0.369 e. The lowest BCUT2D eigenvalue weighted by Crippen LogP contribution is -2.43. The molecule has 1 aromatic carbocycles. The van der Waals surface area contributed by atoms with Crippen LogP contribution in [0.25, 0.3) is 11.4 Å². The number of piperazine rings is 1. The summed E-state index contributed by atoms with van der Waals surface area (Å²) in [6, 6.07) is 8.63. The Morgan fingerprint density at radius 1 is 1.11 bits per heavy atom. The maximum atomic E-state index is 4.35. The smallest absolute Gasteiger partial charge is 0.137 e. The molecular formula is C14H18N4. The summed E-state index contributed by atoms with van der Waals surface area (Å²) in [6.45, 7) is 6.32. The third-order valence-electron chi connectivity index (χ3n) is 3.33. The van der Waals surface area contributed by atoms with Crippen molar-refractivity contribution in [1.29, 1.82) is 0 Å². The Hall–Kier alpha value is -1.81. The van der Waals surface area contributed by atoms with Crippen molar-refractivity contribution in [2.45, 2.75) is 6.92 Å². The summed E-state index contributed by atoms with van der Waals surface area (Å²) < 4.78 is 0. The zero-order valence-corrected chi connectivity index (χ0v) is 10.6. The standard InChI is InChI=1S/C14H18N4/c1-11-10-16-14(17-11)12-2-4-13(5-3-12)18-8-6-15-7-9-18/h2-5,10,15H,6-9H2,1H3,(H,16,17). The Morgan fingerprint density at radius 3 is 2.44 bits per heavy atom. The quantitative estimate of drug-likeness (QED) is 0.844. The van der Waals surface area contributed by atoms with Crippen molar-refractivity contribution in [2.24, 2.45) is 0 Å². The van der Waals surface area contributed by atoms with Gasteiger partial charge in [0.2, 0.25) is 0 Å². The van der Waals surface area contributed by atoms with E-state index in [2.05, 4.69) is 44.5 Å². The first-order valence-corrected chi connectivity index (χ1v) is 6.41. The van der Waals surface area contributed by atoms with E-state index >= 15 is 0 Å². The largest absolute Gasteiger partial charge is 0.369 e. The Labute approximate surface area is 107 Å². The summed E-state index contributed by atoms with van der Waals surface area (Å²) in [5.41, 5.74) is 3.53. The molecule has 4 heteroatoms. The van der Waals surface area contributed by atoms with Crippen LogP contribution in [0.1, 0.15) is 5.69 Å². The van der Waals surface area contributed by atoms with E-state index in [9.17, 15) is 0 Å². The zero-order chi connectivity index (χ0) is 12.4. The number of hydrogen-bond acceptors (Lipinski definition) is 3. The molecular weight excluding hydrogens is 224 g/mol. The van der Waals surface area contributed by atoms with E-state index in [0.717, 1.165) is 43.3 Å². The molecule has 0 radical (unpaired) electrons. The van der Waals surface area contributed by atoms with Gasteiger partial charge in [-0.1, -0.05) is 0 Å². The van der Waals surface area contributed by atoms with Gasteiger partial charge in [0.15, 0.2) is 0 Å². The maximum Gasteiger partial charge on any atom is 0.137 e. The lowest BCUT2D eigenvalue weighted by atomic mass is 10.1. The topological polar surface area (TPSA) is 44.0 Å². The van der Waals surface area contributed by atoms with Crippen molar-refractivity contribution in [3.05, 3.63) is 36.2 Å². The van der Waals surface area contributed by atoms with Crippen molar-refractivity contribution in [1.82, 2.24) is 15.3 Å². The predicted octanol–water partition coefficient (Wildman–Crippen LogP) is 1.79. The van der Waals surface area contributed by atoms with Gasteiger partial charge in [-0.25, -0.2) is 4.98 Å². The van der Waals surface area contributed by atoms with Crippen LogP contribution in [0.15, 0.2) is 30.5 Å². The third-order valence-corrected chi connectivity index (χ3v) is 3.33. The van der Waals surface area contributed by atoms with Gasteiger partial charge in [0, 0.05) is 49.3 Å². The molecule has 1 aliphatic heterocycles. The summed E-state index contributed by atoms with van der Waals surface area (Å²) in [5.74, 6) is 0.944. The summed E-state index contributed by atoms with van der Waals surface area (Å²) in [6.07, 6.45) is 1.86. The average Bonchev–Trinajstić information content (AvgIpc) is 2.87. The van der Waals surface area contributed by atoms with E-state index in [1.54, 1.807) is 0 Å². The number of hydrogen-bond donors (Lipinski definition) is 2. The molecule has 1 aromatic heterocycles. The highest BCUT2D eigenvalue weighted by molar-refractivity contribution is 5.60. The van der Waals surface area contributed by atoms with Crippen LogP contribution >= 0.6 is 0 Å². The predicted molar refractivity (Wildman–Crippen MR) is 73.8 cm³/mol. The van der Waals surface area contributed by atoms with E-state index in [1.165, 1.54) is 5.69 Å². The zero-order valence-electron chi connectivity index (χ0n) is 10.6. The van der Waals surface area contributed by atoms with Crippen LogP contribution in [0.5, 0.6) is 0 Å². The van der Waals surface area contributed by atoms with Crippen molar-refractivity contribution >= 4 is 5.69 Å². The number of H-pyrrole nitrogens is 1. The molecule has 18 heavy (non-hydrogen) atoms. The van der Waals surface area contributed by atoms with Gasteiger partial charge in [-0.3, -0.25) is 0 Å². The van der Waals surface area contributed by atoms with Crippen LogP contribution in [0.2, 0.25) is 0 Å². The van der Waals surface area contributed by atoms with Crippen LogP contribution in [0.3, 0.4) is 0 Å². The number of aromatic nitrogens is 2. The molecule has 1 aliphatic rings. The number of aromatic amines is 1. The fourth-order valence-corrected chi connectivity index (χ4v) is 2.31. The van der Waals surface area contributed by atoms with Crippen LogP contribution < -0.4 is 10.2 Å². The number of imidazole rings is 1. The summed E-state index contributed by atoms with van der Waals surface area (Å²) in [4.78, 5) is 10.0. The van der Waals surface area contributed by atoms with Crippen molar-refractivity contribution < 1.29 is 0 Å². The molecule has 0 spiro atoms. The first kappa shape index (κ1) is 11.3. The third kappa shape index (κ3) is 2.24. The van der Waals surface area contributed by atoms with E-state index < -0.39 is 0 Å². The van der Waals surface area contributed by atoms with Crippen molar-refractivity contribution in [2.75, 3.05) is 31.1 Å². The Bertz CT molecular complexity index is 509. The van der Waals surface area contributed by atoms with Gasteiger partial charge in [-0.15, -0.1) is 0 Å². The van der Waals surface area contributed by atoms with E-state index in [1.807, 2.05) is 13.1 Å². The molecule has 2 heterocycles. The molecule has 4 nitrogen and oxygen atoms in total. The van der Waals surface area contributed by atoms with E-state index in [-0.39, 0.29) is 0 Å². The van der Waals surface area contributed by atoms with E-state index in [4.69, 9.17) is 0 Å². The maximum absolute atomic E-state index is 4.35. The minimum absolute atomic E-state index is 0.944. The molecule has 0 saturated carbocycles. The van der Waals surface area contributed by atoms with Gasteiger partial charge in [-0.2, -0.15) is 0 Å². The first-order valence-electron chi connectivity index (χ1n) is 6.41. The van der Waals surface area contributed by atoms with Gasteiger partial charge in [0.25, 0.3) is 0 Å². The summed E-state index contributed by atoms with van der Waals surface area (Å²) >= 11 is 0. The molecule has 0 unspecified atom stereocenters. The average molecular weight is 242 g/mol. The van der Waals surface area contributed by atoms with Gasteiger partial charge < -0.3 is 15.2 Å². The van der Waals surface area contributed by atoms with Crippen LogP contribution in [0, 0.1) is 6.92 Å². The highest BCUT2D eigenvalue weighted by Gasteiger charge is 2.10. The number of rotatable bonds is 2. The van der Waals surface area contributed by atoms with Gasteiger partial charge >= 0.3 is 0 Å². The van der Waals surface area contributed by atoms with Crippen LogP contribution in [0.4, 0.5) is 5.69 Å². The fraction of sp³-hybridized carbons (Fsp3) is 0.357. The van der Waals surface area contributed by atoms with Crippen LogP contribution in [-0.2, 0) is 0 Å². The number of aryl methyl sites for hydroxylation is 1. The normalized spacial score (nSPS) is 15.9. The lowest BCUT2D eigenvalue weighted by Gasteiger charge is -2.29. The van der Waals surface area contributed by atoms with Gasteiger partial charge in [-0.05, 0) is 31.2 Å². The number of nitrogens with zero attached hydrogens (tertiary/aromatic N) is 2. The highest BCUT2D eigenvalue weighted by atomic mass is 15.2. The molecule has 0 atom stereocenters. The second-order valence-corrected chi connectivity index (χ2v) is 4.70. The molecule has 2 aromatic rings. The van der Waals surface area contributed by atoms with Crippen molar-refractivity contribution in [3.63, 3.8) is 0 Å². The monoisotopic (exact) mass is 242 g/mol. The number of anilines is 1. The number of nitrogens with one attached hydrogen (secondary N) is 2. The summed E-state index contributed by atoms with van der Waals surface area (Å²) in [7, 11) is 0. The molecule has 0 amide bonds. The molecule has 1 fully saturated rings. The van der Waals surface area contributed by atoms with Crippen LogP contribution in [-0.4, -0.2) is 36.1 Å². The molecule has 0 bridgehead atoms. The minimum atomic E-state index is 0.944. The second kappa shape index (κ2) is 4.82. The Morgan fingerprint density at radius 2 is 1.83 bits per heavy atom. The van der Waals surface area contributed by atoms with E-state index in [0.29, 0.717) is 0 Å². The number of benzene rings is 1. The van der Waals surface area contributed by atoms with Gasteiger partial charge in [0.05, 0.1) is 0 Å². The Balaban J connectivity index is 1.80.